The summed E-state index contributed by atoms with van der Waals surface area (Å²) in [7, 11) is 0. The molecule has 0 radical (unpaired) electrons. The fourth-order valence-corrected chi connectivity index (χ4v) is 2.10. The number of hydrazone groups is 1. The van der Waals surface area contributed by atoms with Gasteiger partial charge in [-0.1, -0.05) is 17.2 Å². The Balaban J connectivity index is 1.84. The van der Waals surface area contributed by atoms with Gasteiger partial charge in [0, 0.05) is 12.6 Å². The van der Waals surface area contributed by atoms with E-state index in [1.165, 1.54) is 6.92 Å². The van der Waals surface area contributed by atoms with Crippen LogP contribution in [0.4, 0.5) is 11.6 Å². The summed E-state index contributed by atoms with van der Waals surface area (Å²) in [6.07, 6.45) is 1.72. The first-order valence-electron chi connectivity index (χ1n) is 6.77. The second-order valence-electron chi connectivity index (χ2n) is 4.88. The lowest BCUT2D eigenvalue weighted by Crippen LogP contribution is -2.22. The fourth-order valence-electron chi connectivity index (χ4n) is 2.10. The zero-order chi connectivity index (χ0) is 16.4. The van der Waals surface area contributed by atoms with Gasteiger partial charge in [-0.05, 0) is 35.9 Å². The lowest BCUT2D eigenvalue weighted by molar-refractivity contribution is -0.115. The molecule has 116 valence electrons. The number of nitrogens with one attached hydrogen (secondary N) is 2. The summed E-state index contributed by atoms with van der Waals surface area (Å²) in [4.78, 5) is 23.4. The Hall–Kier alpha value is -3.36. The zero-order valence-corrected chi connectivity index (χ0v) is 12.4. The molecule has 0 spiro atoms. The summed E-state index contributed by atoms with van der Waals surface area (Å²) < 4.78 is 0. The zero-order valence-electron chi connectivity index (χ0n) is 12.4. The van der Waals surface area contributed by atoms with Gasteiger partial charge in [0.05, 0.1) is 11.3 Å². The molecule has 9 heteroatoms. The highest BCUT2D eigenvalue weighted by molar-refractivity contribution is 6.31. The summed E-state index contributed by atoms with van der Waals surface area (Å²) >= 11 is 0. The van der Waals surface area contributed by atoms with Gasteiger partial charge >= 0.3 is 0 Å². The van der Waals surface area contributed by atoms with Crippen molar-refractivity contribution in [1.29, 1.82) is 0 Å². The minimum Gasteiger partial charge on any atom is -0.326 e. The first kappa shape index (κ1) is 14.6. The van der Waals surface area contributed by atoms with E-state index in [9.17, 15) is 9.59 Å². The van der Waals surface area contributed by atoms with Gasteiger partial charge in [-0.3, -0.25) is 9.59 Å². The molecule has 0 unspecified atom stereocenters. The van der Waals surface area contributed by atoms with E-state index in [0.29, 0.717) is 17.0 Å². The van der Waals surface area contributed by atoms with Crippen LogP contribution in [0.25, 0.3) is 6.08 Å². The lowest BCUT2D eigenvalue weighted by Gasteiger charge is -2.05. The molecule has 1 aliphatic heterocycles. The normalized spacial score (nSPS) is 15.9. The summed E-state index contributed by atoms with van der Waals surface area (Å²) in [5.74, 6) is -0.366. The number of carbonyl (C=O) groups is 2. The van der Waals surface area contributed by atoms with E-state index < -0.39 is 0 Å². The Kier molecular flexibility index (Phi) is 3.67. The molecule has 1 aromatic carbocycles. The second-order valence-corrected chi connectivity index (χ2v) is 4.88. The average Bonchev–Trinajstić information content (AvgIpc) is 3.12. The maximum Gasteiger partial charge on any atom is 0.293 e. The van der Waals surface area contributed by atoms with E-state index in [1.807, 2.05) is 0 Å². The van der Waals surface area contributed by atoms with Gasteiger partial charge < -0.3 is 5.32 Å². The molecule has 2 aromatic rings. The molecule has 2 N–H and O–H groups in total. The SMILES string of the molecule is CC(=O)Nc1ccc(/C=C2/C(=O)N(c3nn[nH]n3)N=C2C)cc1. The highest BCUT2D eigenvalue weighted by atomic mass is 16.2. The highest BCUT2D eigenvalue weighted by Gasteiger charge is 2.31. The molecule has 0 aliphatic carbocycles. The van der Waals surface area contributed by atoms with E-state index in [2.05, 4.69) is 31.0 Å². The van der Waals surface area contributed by atoms with Crippen LogP contribution in [0.15, 0.2) is 34.9 Å². The first-order chi connectivity index (χ1) is 11.0. The number of aromatic nitrogens is 4. The number of tetrazole rings is 1. The van der Waals surface area contributed by atoms with Gasteiger partial charge in [-0.15, -0.1) is 5.10 Å². The van der Waals surface area contributed by atoms with Crippen molar-refractivity contribution >= 4 is 35.2 Å². The van der Waals surface area contributed by atoms with Crippen LogP contribution in [0.3, 0.4) is 0 Å². The number of hydrogen-bond acceptors (Lipinski definition) is 6. The van der Waals surface area contributed by atoms with Crippen molar-refractivity contribution < 1.29 is 9.59 Å². The van der Waals surface area contributed by atoms with Crippen molar-refractivity contribution in [3.8, 4) is 0 Å². The number of aromatic amines is 1. The minimum atomic E-state index is -0.324. The number of benzene rings is 1. The van der Waals surface area contributed by atoms with Crippen LogP contribution in [-0.2, 0) is 9.59 Å². The van der Waals surface area contributed by atoms with Crippen LogP contribution < -0.4 is 10.3 Å². The molecule has 0 saturated heterocycles. The summed E-state index contributed by atoms with van der Waals surface area (Å²) in [6, 6.07) is 7.12. The molecule has 2 amide bonds. The van der Waals surface area contributed by atoms with Crippen LogP contribution in [-0.4, -0.2) is 38.2 Å². The Morgan fingerprint density at radius 2 is 2.04 bits per heavy atom. The van der Waals surface area contributed by atoms with Gasteiger partial charge in [0.25, 0.3) is 11.9 Å². The molecular weight excluding hydrogens is 298 g/mol. The van der Waals surface area contributed by atoms with E-state index in [4.69, 9.17) is 0 Å². The summed E-state index contributed by atoms with van der Waals surface area (Å²) in [5.41, 5.74) is 2.51. The molecule has 3 rings (SSSR count). The number of anilines is 2. The molecule has 1 aromatic heterocycles. The Morgan fingerprint density at radius 3 is 2.65 bits per heavy atom. The molecule has 2 heterocycles. The quantitative estimate of drug-likeness (QED) is 0.819. The predicted octanol–water partition coefficient (Wildman–Crippen LogP) is 0.964. The Bertz CT molecular complexity index is 806. The minimum absolute atomic E-state index is 0.0961. The van der Waals surface area contributed by atoms with Crippen LogP contribution >= 0.6 is 0 Å². The van der Waals surface area contributed by atoms with Gasteiger partial charge in [0.15, 0.2) is 0 Å². The lowest BCUT2D eigenvalue weighted by atomic mass is 10.1. The molecule has 0 saturated carbocycles. The Labute approximate surface area is 131 Å². The Morgan fingerprint density at radius 1 is 1.30 bits per heavy atom. The third kappa shape index (κ3) is 2.98. The molecule has 0 fully saturated rings. The molecule has 0 bridgehead atoms. The first-order valence-corrected chi connectivity index (χ1v) is 6.77. The van der Waals surface area contributed by atoms with Crippen LogP contribution in [0.1, 0.15) is 19.4 Å². The van der Waals surface area contributed by atoms with E-state index in [-0.39, 0.29) is 17.8 Å². The van der Waals surface area contributed by atoms with Gasteiger partial charge in [-0.2, -0.15) is 15.3 Å². The van der Waals surface area contributed by atoms with Crippen molar-refractivity contribution in [2.24, 2.45) is 5.10 Å². The number of H-pyrrole nitrogens is 1. The van der Waals surface area contributed by atoms with Crippen molar-refractivity contribution in [2.75, 3.05) is 10.3 Å². The van der Waals surface area contributed by atoms with E-state index in [0.717, 1.165) is 10.6 Å². The van der Waals surface area contributed by atoms with Crippen molar-refractivity contribution in [2.45, 2.75) is 13.8 Å². The largest absolute Gasteiger partial charge is 0.326 e. The average molecular weight is 311 g/mol. The number of rotatable bonds is 3. The van der Waals surface area contributed by atoms with Gasteiger partial charge in [0.2, 0.25) is 5.91 Å². The van der Waals surface area contributed by atoms with E-state index in [1.54, 1.807) is 37.3 Å². The molecule has 1 aliphatic rings. The molecular formula is C14H13N7O2. The summed E-state index contributed by atoms with van der Waals surface area (Å²) in [6.45, 7) is 3.18. The molecule has 9 nitrogen and oxygen atoms in total. The highest BCUT2D eigenvalue weighted by Crippen LogP contribution is 2.22. The number of amides is 2. The maximum absolute atomic E-state index is 12.4. The third-order valence-corrected chi connectivity index (χ3v) is 3.13. The van der Waals surface area contributed by atoms with Crippen LogP contribution in [0.2, 0.25) is 0 Å². The van der Waals surface area contributed by atoms with Crippen LogP contribution in [0.5, 0.6) is 0 Å². The molecule has 23 heavy (non-hydrogen) atoms. The van der Waals surface area contributed by atoms with E-state index >= 15 is 0 Å². The van der Waals surface area contributed by atoms with Gasteiger partial charge in [-0.25, -0.2) is 0 Å². The second kappa shape index (κ2) is 5.79. The van der Waals surface area contributed by atoms with Crippen LogP contribution in [0, 0.1) is 0 Å². The third-order valence-electron chi connectivity index (χ3n) is 3.13. The molecule has 0 atom stereocenters. The number of hydrogen-bond donors (Lipinski definition) is 2. The van der Waals surface area contributed by atoms with Crippen molar-refractivity contribution in [3.05, 3.63) is 35.4 Å². The number of nitrogens with zero attached hydrogens (tertiary/aromatic N) is 5. The van der Waals surface area contributed by atoms with Crippen molar-refractivity contribution in [3.63, 3.8) is 0 Å². The van der Waals surface area contributed by atoms with Crippen molar-refractivity contribution in [1.82, 2.24) is 20.6 Å². The smallest absolute Gasteiger partial charge is 0.293 e. The summed E-state index contributed by atoms with van der Waals surface area (Å²) in [5, 5.41) is 21.1. The monoisotopic (exact) mass is 311 g/mol. The maximum atomic E-state index is 12.4. The van der Waals surface area contributed by atoms with Gasteiger partial charge in [0.1, 0.15) is 0 Å². The number of carbonyl (C=O) groups excluding carboxylic acids is 2. The topological polar surface area (TPSA) is 116 Å². The predicted molar refractivity (Wildman–Crippen MR) is 83.5 cm³/mol. The fraction of sp³-hybridized carbons (Fsp3) is 0.143. The standard InChI is InChI=1S/C14H13N7O2/c1-8-12(13(23)21(18-8)14-16-19-20-17-14)7-10-3-5-11(6-4-10)15-9(2)22/h3-7H,1-2H3,(H,15,22)(H,16,17,19,20)/b12-7+.